The molecule has 1 aromatic heterocycles. The maximum absolute atomic E-state index is 12.3. The summed E-state index contributed by atoms with van der Waals surface area (Å²) >= 11 is 12.0. The third-order valence-electron chi connectivity index (χ3n) is 4.80. The highest BCUT2D eigenvalue weighted by Gasteiger charge is 2.14. The molecule has 0 aliphatic rings. The van der Waals surface area contributed by atoms with Gasteiger partial charge in [0.05, 0.1) is 36.4 Å². The predicted octanol–water partition coefficient (Wildman–Crippen LogP) is 4.19. The van der Waals surface area contributed by atoms with E-state index in [1.165, 1.54) is 6.20 Å². The van der Waals surface area contributed by atoms with Crippen LogP contribution in [0.2, 0.25) is 10.0 Å². The molecule has 9 nitrogen and oxygen atoms in total. The molecule has 2 aromatic carbocycles. The standard InChI is InChI=1S/C24H26Cl2N6O3/c1-15-13-30-22(14-29-15)32-24(34)31-20-12-18(26)7-8-21(20)35-10-2-9-28-23(33)19(27)11-16-3-5-17(25)6-4-16/h3-8,12-14,19H,2,9-11,27H2,1H3,(H,28,33)(H2,30,31,32,34). The fourth-order valence-corrected chi connectivity index (χ4v) is 3.31. The van der Waals surface area contributed by atoms with Crippen molar-refractivity contribution in [2.75, 3.05) is 23.8 Å². The number of anilines is 2. The van der Waals surface area contributed by atoms with Crippen LogP contribution in [0.1, 0.15) is 17.7 Å². The van der Waals surface area contributed by atoms with Gasteiger partial charge in [0.2, 0.25) is 5.91 Å². The first-order valence-corrected chi connectivity index (χ1v) is 11.6. The molecular weight excluding hydrogens is 491 g/mol. The van der Waals surface area contributed by atoms with Gasteiger partial charge in [-0.3, -0.25) is 15.1 Å². The van der Waals surface area contributed by atoms with Crippen molar-refractivity contribution in [3.8, 4) is 5.75 Å². The Bertz CT molecular complexity index is 1140. The van der Waals surface area contributed by atoms with Gasteiger partial charge in [-0.1, -0.05) is 35.3 Å². The summed E-state index contributed by atoms with van der Waals surface area (Å²) < 4.78 is 5.78. The number of aromatic nitrogens is 2. The summed E-state index contributed by atoms with van der Waals surface area (Å²) in [6.07, 6.45) is 3.95. The Kier molecular flexibility index (Phi) is 9.66. The zero-order chi connectivity index (χ0) is 25.2. The second-order valence-electron chi connectivity index (χ2n) is 7.69. The second kappa shape index (κ2) is 12.9. The van der Waals surface area contributed by atoms with Crippen LogP contribution in [0.3, 0.4) is 0 Å². The van der Waals surface area contributed by atoms with Crippen LogP contribution in [-0.4, -0.2) is 41.1 Å². The Morgan fingerprint density at radius 1 is 1.03 bits per heavy atom. The van der Waals surface area contributed by atoms with Gasteiger partial charge in [0.15, 0.2) is 5.82 Å². The van der Waals surface area contributed by atoms with Crippen molar-refractivity contribution in [1.82, 2.24) is 15.3 Å². The largest absolute Gasteiger partial charge is 0.491 e. The molecule has 3 rings (SSSR count). The number of nitrogens with two attached hydrogens (primary N) is 1. The first-order chi connectivity index (χ1) is 16.8. The summed E-state index contributed by atoms with van der Waals surface area (Å²) in [6.45, 7) is 2.48. The minimum atomic E-state index is -0.666. The van der Waals surface area contributed by atoms with Crippen molar-refractivity contribution in [2.24, 2.45) is 5.73 Å². The lowest BCUT2D eigenvalue weighted by Gasteiger charge is -2.15. The molecule has 0 bridgehead atoms. The summed E-state index contributed by atoms with van der Waals surface area (Å²) in [5.74, 6) is 0.498. The number of halogens is 2. The Labute approximate surface area is 213 Å². The van der Waals surface area contributed by atoms with E-state index in [0.29, 0.717) is 53.3 Å². The Morgan fingerprint density at radius 3 is 2.49 bits per heavy atom. The molecule has 35 heavy (non-hydrogen) atoms. The Hall–Kier alpha value is -3.40. The molecule has 1 atom stereocenters. The number of carbonyl (C=O) groups is 2. The molecule has 3 aromatic rings. The van der Waals surface area contributed by atoms with E-state index in [9.17, 15) is 9.59 Å². The van der Waals surface area contributed by atoms with Crippen molar-refractivity contribution in [2.45, 2.75) is 25.8 Å². The lowest BCUT2D eigenvalue weighted by Crippen LogP contribution is -2.42. The van der Waals surface area contributed by atoms with E-state index in [2.05, 4.69) is 25.9 Å². The van der Waals surface area contributed by atoms with E-state index < -0.39 is 12.1 Å². The van der Waals surface area contributed by atoms with Crippen LogP contribution < -0.4 is 26.4 Å². The second-order valence-corrected chi connectivity index (χ2v) is 8.57. The number of amides is 3. The Balaban J connectivity index is 1.43. The number of hydrogen-bond acceptors (Lipinski definition) is 6. The number of nitrogens with one attached hydrogen (secondary N) is 3. The fourth-order valence-electron chi connectivity index (χ4n) is 3.02. The minimum absolute atomic E-state index is 0.246. The molecule has 0 radical (unpaired) electrons. The normalized spacial score (nSPS) is 11.4. The molecule has 3 amide bonds. The average molecular weight is 517 g/mol. The van der Waals surface area contributed by atoms with Gasteiger partial charge in [0.25, 0.3) is 0 Å². The van der Waals surface area contributed by atoms with Crippen LogP contribution >= 0.6 is 23.2 Å². The van der Waals surface area contributed by atoms with Crippen LogP contribution in [0.4, 0.5) is 16.3 Å². The molecule has 0 saturated heterocycles. The number of hydrogen-bond donors (Lipinski definition) is 4. The summed E-state index contributed by atoms with van der Waals surface area (Å²) in [5, 5.41) is 9.16. The van der Waals surface area contributed by atoms with Gasteiger partial charge in [0.1, 0.15) is 5.75 Å². The smallest absolute Gasteiger partial charge is 0.325 e. The first-order valence-electron chi connectivity index (χ1n) is 10.9. The number of ether oxygens (including phenoxy) is 1. The summed E-state index contributed by atoms with van der Waals surface area (Å²) in [6, 6.07) is 10.9. The third-order valence-corrected chi connectivity index (χ3v) is 5.28. The number of aryl methyl sites for hydroxylation is 1. The van der Waals surface area contributed by atoms with Gasteiger partial charge in [-0.05, 0) is 55.7 Å². The predicted molar refractivity (Wildman–Crippen MR) is 137 cm³/mol. The molecule has 11 heteroatoms. The van der Waals surface area contributed by atoms with Crippen LogP contribution in [0.25, 0.3) is 0 Å². The van der Waals surface area contributed by atoms with Crippen molar-refractivity contribution in [3.63, 3.8) is 0 Å². The SMILES string of the molecule is Cc1cnc(NC(=O)Nc2cc(Cl)ccc2OCCCNC(=O)C(N)Cc2ccc(Cl)cc2)cn1. The van der Waals surface area contributed by atoms with E-state index in [-0.39, 0.29) is 5.91 Å². The molecule has 0 aliphatic heterocycles. The van der Waals surface area contributed by atoms with E-state index in [1.54, 1.807) is 43.5 Å². The van der Waals surface area contributed by atoms with Crippen molar-refractivity contribution >= 4 is 46.6 Å². The maximum atomic E-state index is 12.3. The summed E-state index contributed by atoms with van der Waals surface area (Å²) in [4.78, 5) is 32.8. The molecule has 0 fully saturated rings. The Morgan fingerprint density at radius 2 is 1.77 bits per heavy atom. The number of carbonyl (C=O) groups excluding carboxylic acids is 2. The van der Waals surface area contributed by atoms with Crippen LogP contribution in [0, 0.1) is 6.92 Å². The van der Waals surface area contributed by atoms with E-state index in [0.717, 1.165) is 11.3 Å². The maximum Gasteiger partial charge on any atom is 0.325 e. The van der Waals surface area contributed by atoms with Crippen molar-refractivity contribution in [1.29, 1.82) is 0 Å². The molecule has 1 unspecified atom stereocenters. The number of benzene rings is 2. The van der Waals surface area contributed by atoms with Crippen LogP contribution in [0.5, 0.6) is 5.75 Å². The van der Waals surface area contributed by atoms with Gasteiger partial charge in [-0.2, -0.15) is 0 Å². The van der Waals surface area contributed by atoms with Crippen molar-refractivity contribution in [3.05, 3.63) is 76.2 Å². The summed E-state index contributed by atoms with van der Waals surface area (Å²) in [5.41, 5.74) is 8.05. The number of nitrogens with zero attached hydrogens (tertiary/aromatic N) is 2. The monoisotopic (exact) mass is 516 g/mol. The van der Waals surface area contributed by atoms with Gasteiger partial charge >= 0.3 is 6.03 Å². The molecule has 0 aliphatic carbocycles. The van der Waals surface area contributed by atoms with E-state index >= 15 is 0 Å². The van der Waals surface area contributed by atoms with Crippen LogP contribution in [-0.2, 0) is 11.2 Å². The number of urea groups is 1. The molecule has 1 heterocycles. The summed E-state index contributed by atoms with van der Waals surface area (Å²) in [7, 11) is 0. The van der Waals surface area contributed by atoms with Crippen LogP contribution in [0.15, 0.2) is 54.9 Å². The zero-order valence-corrected chi connectivity index (χ0v) is 20.6. The minimum Gasteiger partial charge on any atom is -0.491 e. The third kappa shape index (κ3) is 8.71. The number of rotatable bonds is 10. The molecular formula is C24H26Cl2N6O3. The highest BCUT2D eigenvalue weighted by Crippen LogP contribution is 2.28. The zero-order valence-electron chi connectivity index (χ0n) is 19.1. The highest BCUT2D eigenvalue weighted by molar-refractivity contribution is 6.31. The van der Waals surface area contributed by atoms with Gasteiger partial charge in [0, 0.05) is 16.6 Å². The quantitative estimate of drug-likeness (QED) is 0.298. The van der Waals surface area contributed by atoms with Gasteiger partial charge in [-0.25, -0.2) is 9.78 Å². The molecule has 0 saturated carbocycles. The fraction of sp³-hybridized carbons (Fsp3) is 0.250. The van der Waals surface area contributed by atoms with E-state index in [1.807, 2.05) is 12.1 Å². The lowest BCUT2D eigenvalue weighted by atomic mass is 10.1. The molecule has 0 spiro atoms. The lowest BCUT2D eigenvalue weighted by molar-refractivity contribution is -0.122. The molecule has 5 N–H and O–H groups in total. The molecule has 184 valence electrons. The first kappa shape index (κ1) is 26.2. The van der Waals surface area contributed by atoms with E-state index in [4.69, 9.17) is 33.7 Å². The van der Waals surface area contributed by atoms with Gasteiger partial charge < -0.3 is 21.1 Å². The average Bonchev–Trinajstić information content (AvgIpc) is 2.83. The topological polar surface area (TPSA) is 131 Å². The highest BCUT2D eigenvalue weighted by atomic mass is 35.5. The van der Waals surface area contributed by atoms with Gasteiger partial charge in [-0.15, -0.1) is 0 Å². The van der Waals surface area contributed by atoms with Crippen molar-refractivity contribution < 1.29 is 14.3 Å².